The fraction of sp³-hybridized carbons (Fsp3) is 0. The Labute approximate surface area is 134 Å². The Balaban J connectivity index is 2.26. The molecule has 0 saturated heterocycles. The molecule has 2 aromatic rings. The van der Waals surface area contributed by atoms with Crippen molar-refractivity contribution in [3.63, 3.8) is 0 Å². The molecule has 22 heavy (non-hydrogen) atoms. The number of carbonyl (C=O) groups excluding carboxylic acids is 1. The van der Waals surface area contributed by atoms with Crippen molar-refractivity contribution < 1.29 is 9.72 Å². The molecule has 110 valence electrons. The zero-order valence-electron chi connectivity index (χ0n) is 10.9. The van der Waals surface area contributed by atoms with Crippen LogP contribution in [-0.4, -0.2) is 10.8 Å². The molecule has 2 rings (SSSR count). The molecule has 1 amide bonds. The lowest BCUT2D eigenvalue weighted by Crippen LogP contribution is -2.13. The third kappa shape index (κ3) is 3.69. The Kier molecular flexibility index (Phi) is 4.88. The number of rotatable bonds is 4. The van der Waals surface area contributed by atoms with Crippen molar-refractivity contribution in [2.75, 3.05) is 5.32 Å². The van der Waals surface area contributed by atoms with Gasteiger partial charge in [-0.2, -0.15) is 5.26 Å². The average molecular weight is 334 g/mol. The van der Waals surface area contributed by atoms with Gasteiger partial charge in [-0.15, -0.1) is 11.3 Å². The van der Waals surface area contributed by atoms with Crippen LogP contribution in [0.15, 0.2) is 41.3 Å². The summed E-state index contributed by atoms with van der Waals surface area (Å²) in [5.74, 6) is -0.682. The molecule has 0 unspecified atom stereocenters. The summed E-state index contributed by atoms with van der Waals surface area (Å²) in [5.41, 5.74) is -0.251. The average Bonchev–Trinajstić information content (AvgIpc) is 2.99. The quantitative estimate of drug-likeness (QED) is 0.397. The number of nitrogens with zero attached hydrogens (tertiary/aromatic N) is 2. The van der Waals surface area contributed by atoms with E-state index >= 15 is 0 Å². The zero-order valence-corrected chi connectivity index (χ0v) is 12.5. The van der Waals surface area contributed by atoms with Crippen molar-refractivity contribution in [2.24, 2.45) is 0 Å². The molecule has 1 aromatic carbocycles. The normalized spacial score (nSPS) is 10.8. The lowest BCUT2D eigenvalue weighted by Gasteiger charge is -2.06. The molecule has 1 N–H and O–H groups in total. The van der Waals surface area contributed by atoms with Crippen LogP contribution in [-0.2, 0) is 4.79 Å². The van der Waals surface area contributed by atoms with Gasteiger partial charge in [0, 0.05) is 17.0 Å². The van der Waals surface area contributed by atoms with Crippen LogP contribution in [0.4, 0.5) is 11.4 Å². The summed E-state index contributed by atoms with van der Waals surface area (Å²) >= 11 is 7.27. The lowest BCUT2D eigenvalue weighted by molar-refractivity contribution is -0.384. The Hall–Kier alpha value is -2.69. The van der Waals surface area contributed by atoms with Crippen LogP contribution < -0.4 is 5.32 Å². The monoisotopic (exact) mass is 333 g/mol. The van der Waals surface area contributed by atoms with E-state index in [1.165, 1.54) is 29.5 Å². The third-order valence-corrected chi connectivity index (χ3v) is 3.75. The first-order valence-electron chi connectivity index (χ1n) is 5.92. The van der Waals surface area contributed by atoms with Gasteiger partial charge in [-0.25, -0.2) is 0 Å². The van der Waals surface area contributed by atoms with Crippen molar-refractivity contribution in [1.29, 1.82) is 5.26 Å². The second-order valence-electron chi connectivity index (χ2n) is 4.06. The number of benzene rings is 1. The molecule has 0 atom stereocenters. The maximum atomic E-state index is 12.1. The predicted molar refractivity (Wildman–Crippen MR) is 84.6 cm³/mol. The Morgan fingerprint density at radius 3 is 2.82 bits per heavy atom. The number of thiophene rings is 1. The smallest absolute Gasteiger partial charge is 0.271 e. The molecule has 1 aromatic heterocycles. The van der Waals surface area contributed by atoms with Crippen molar-refractivity contribution >= 4 is 46.3 Å². The highest BCUT2D eigenvalue weighted by Gasteiger charge is 2.15. The Morgan fingerprint density at radius 2 is 2.23 bits per heavy atom. The van der Waals surface area contributed by atoms with Crippen LogP contribution in [0, 0.1) is 21.4 Å². The van der Waals surface area contributed by atoms with E-state index in [0.717, 1.165) is 10.9 Å². The molecule has 0 fully saturated rings. The van der Waals surface area contributed by atoms with E-state index in [-0.39, 0.29) is 22.0 Å². The molecule has 0 aliphatic heterocycles. The standard InChI is InChI=1S/C14H8ClN3O3S/c15-12-4-3-10(18(20)21)7-13(12)17-14(19)9(8-16)6-11-2-1-5-22-11/h1-7H,(H,17,19). The molecule has 0 aliphatic carbocycles. The maximum absolute atomic E-state index is 12.1. The van der Waals surface area contributed by atoms with E-state index in [9.17, 15) is 14.9 Å². The minimum atomic E-state index is -0.682. The molecule has 0 bridgehead atoms. The number of nitro benzene ring substituents is 1. The summed E-state index contributed by atoms with van der Waals surface area (Å²) < 4.78 is 0. The highest BCUT2D eigenvalue weighted by Crippen LogP contribution is 2.27. The number of anilines is 1. The van der Waals surface area contributed by atoms with Gasteiger partial charge in [0.25, 0.3) is 11.6 Å². The summed E-state index contributed by atoms with van der Waals surface area (Å²) in [7, 11) is 0. The van der Waals surface area contributed by atoms with Gasteiger partial charge in [-0.1, -0.05) is 17.7 Å². The number of halogens is 1. The number of hydrogen-bond acceptors (Lipinski definition) is 5. The van der Waals surface area contributed by atoms with Crippen LogP contribution in [0.1, 0.15) is 4.88 Å². The minimum absolute atomic E-state index is 0.0770. The van der Waals surface area contributed by atoms with E-state index in [1.807, 2.05) is 5.38 Å². The first-order valence-corrected chi connectivity index (χ1v) is 7.17. The molecule has 0 saturated carbocycles. The fourth-order valence-electron chi connectivity index (χ4n) is 1.58. The molecule has 0 spiro atoms. The highest BCUT2D eigenvalue weighted by atomic mass is 35.5. The van der Waals surface area contributed by atoms with E-state index in [2.05, 4.69) is 5.32 Å². The highest BCUT2D eigenvalue weighted by molar-refractivity contribution is 7.10. The van der Waals surface area contributed by atoms with Gasteiger partial charge in [0.15, 0.2) is 0 Å². The largest absolute Gasteiger partial charge is 0.320 e. The summed E-state index contributed by atoms with van der Waals surface area (Å²) in [6.07, 6.45) is 1.44. The number of nitrogens with one attached hydrogen (secondary N) is 1. The topological polar surface area (TPSA) is 96.0 Å². The van der Waals surface area contributed by atoms with Gasteiger partial charge < -0.3 is 5.32 Å². The third-order valence-electron chi connectivity index (χ3n) is 2.60. The van der Waals surface area contributed by atoms with Crippen LogP contribution in [0.5, 0.6) is 0 Å². The number of nitriles is 1. The van der Waals surface area contributed by atoms with Gasteiger partial charge in [-0.3, -0.25) is 14.9 Å². The van der Waals surface area contributed by atoms with Crippen molar-refractivity contribution in [2.45, 2.75) is 0 Å². The number of amides is 1. The van der Waals surface area contributed by atoms with Crippen LogP contribution in [0.25, 0.3) is 6.08 Å². The van der Waals surface area contributed by atoms with Gasteiger partial charge in [0.2, 0.25) is 0 Å². The number of non-ortho nitro benzene ring substituents is 1. The molecule has 0 aliphatic rings. The summed E-state index contributed by atoms with van der Waals surface area (Å²) in [5, 5.41) is 24.2. The van der Waals surface area contributed by atoms with Crippen molar-refractivity contribution in [3.05, 3.63) is 61.3 Å². The summed E-state index contributed by atoms with van der Waals surface area (Å²) in [6.45, 7) is 0. The summed E-state index contributed by atoms with van der Waals surface area (Å²) in [6, 6.07) is 9.02. The van der Waals surface area contributed by atoms with Gasteiger partial charge >= 0.3 is 0 Å². The van der Waals surface area contributed by atoms with Crippen LogP contribution in [0.2, 0.25) is 5.02 Å². The predicted octanol–water partition coefficient (Wildman–Crippen LogP) is 3.86. The summed E-state index contributed by atoms with van der Waals surface area (Å²) in [4.78, 5) is 23.0. The van der Waals surface area contributed by atoms with E-state index in [1.54, 1.807) is 18.2 Å². The van der Waals surface area contributed by atoms with Gasteiger partial charge in [-0.05, 0) is 23.6 Å². The van der Waals surface area contributed by atoms with E-state index in [4.69, 9.17) is 16.9 Å². The SMILES string of the molecule is N#CC(=Cc1cccs1)C(=O)Nc1cc([N+](=O)[O-])ccc1Cl. The first kappa shape index (κ1) is 15.7. The molecular formula is C14H8ClN3O3S. The van der Waals surface area contributed by atoms with Gasteiger partial charge in [0.1, 0.15) is 11.6 Å². The molecule has 8 heteroatoms. The number of carbonyl (C=O) groups is 1. The second kappa shape index (κ2) is 6.85. The number of nitro groups is 1. The van der Waals surface area contributed by atoms with Crippen molar-refractivity contribution in [3.8, 4) is 6.07 Å². The molecule has 1 heterocycles. The zero-order chi connectivity index (χ0) is 16.1. The van der Waals surface area contributed by atoms with Gasteiger partial charge in [0.05, 0.1) is 15.6 Å². The Bertz CT molecular complexity index is 794. The first-order chi connectivity index (χ1) is 10.5. The molecular weight excluding hydrogens is 326 g/mol. The van der Waals surface area contributed by atoms with Crippen LogP contribution >= 0.6 is 22.9 Å². The Morgan fingerprint density at radius 1 is 1.45 bits per heavy atom. The minimum Gasteiger partial charge on any atom is -0.320 e. The number of hydrogen-bond donors (Lipinski definition) is 1. The van der Waals surface area contributed by atoms with E-state index in [0.29, 0.717) is 0 Å². The van der Waals surface area contributed by atoms with Crippen LogP contribution in [0.3, 0.4) is 0 Å². The van der Waals surface area contributed by atoms with E-state index < -0.39 is 10.8 Å². The second-order valence-corrected chi connectivity index (χ2v) is 5.45. The lowest BCUT2D eigenvalue weighted by atomic mass is 10.2. The fourth-order valence-corrected chi connectivity index (χ4v) is 2.40. The molecule has 0 radical (unpaired) electrons. The molecule has 6 nitrogen and oxygen atoms in total. The van der Waals surface area contributed by atoms with Crippen molar-refractivity contribution in [1.82, 2.24) is 0 Å². The maximum Gasteiger partial charge on any atom is 0.271 e.